The zero-order chi connectivity index (χ0) is 16.8. The summed E-state index contributed by atoms with van der Waals surface area (Å²) in [7, 11) is 0. The van der Waals surface area contributed by atoms with Gasteiger partial charge in [-0.2, -0.15) is 0 Å². The molecular formula is C20H31N3O. The maximum absolute atomic E-state index is 12.2. The molecule has 1 aromatic carbocycles. The maximum atomic E-state index is 12.2. The Balaban J connectivity index is 1.34. The Bertz CT molecular complexity index is 505. The topological polar surface area (TPSA) is 58.4 Å². The highest BCUT2D eigenvalue weighted by molar-refractivity contribution is 5.82. The minimum atomic E-state index is -0.560. The van der Waals surface area contributed by atoms with Gasteiger partial charge < -0.3 is 16.0 Å². The number of rotatable bonds is 6. The van der Waals surface area contributed by atoms with Crippen molar-refractivity contribution >= 4 is 5.91 Å². The molecule has 0 bridgehead atoms. The normalized spacial score (nSPS) is 21.7. The number of hydrogen-bond donors (Lipinski definition) is 2. The molecular weight excluding hydrogens is 298 g/mol. The molecule has 1 aromatic rings. The highest BCUT2D eigenvalue weighted by Gasteiger charge is 2.27. The Morgan fingerprint density at radius 3 is 2.46 bits per heavy atom. The molecule has 0 unspecified atom stereocenters. The van der Waals surface area contributed by atoms with Crippen LogP contribution in [0.25, 0.3) is 0 Å². The standard InChI is InChI=1S/C20H31N3O/c21-19(17-6-2-1-3-7-17)20(24)22-13-10-16-11-14-23(15-12-16)18-8-4-5-9-18/h1-3,6-7,16,18-19H,4-5,8-15,21H2,(H,22,24)/t19-/m1/s1. The van der Waals surface area contributed by atoms with Crippen LogP contribution in [0.1, 0.15) is 56.6 Å². The van der Waals surface area contributed by atoms with Gasteiger partial charge in [-0.3, -0.25) is 4.79 Å². The van der Waals surface area contributed by atoms with E-state index in [0.29, 0.717) is 0 Å². The van der Waals surface area contributed by atoms with Crippen molar-refractivity contribution in [1.29, 1.82) is 0 Å². The number of nitrogens with one attached hydrogen (secondary N) is 1. The molecule has 4 heteroatoms. The van der Waals surface area contributed by atoms with Crippen LogP contribution in [-0.4, -0.2) is 36.5 Å². The number of carbonyl (C=O) groups is 1. The molecule has 1 aliphatic carbocycles. The first-order chi connectivity index (χ1) is 11.7. The van der Waals surface area contributed by atoms with Crippen LogP contribution < -0.4 is 11.1 Å². The van der Waals surface area contributed by atoms with E-state index < -0.39 is 6.04 Å². The minimum Gasteiger partial charge on any atom is -0.354 e. The zero-order valence-electron chi connectivity index (χ0n) is 14.6. The summed E-state index contributed by atoms with van der Waals surface area (Å²) in [6.45, 7) is 3.23. The minimum absolute atomic E-state index is 0.0652. The molecule has 1 aliphatic heterocycles. The van der Waals surface area contributed by atoms with Gasteiger partial charge in [0.25, 0.3) is 0 Å². The van der Waals surface area contributed by atoms with Crippen LogP contribution in [0.2, 0.25) is 0 Å². The van der Waals surface area contributed by atoms with E-state index in [2.05, 4.69) is 10.2 Å². The molecule has 4 nitrogen and oxygen atoms in total. The average molecular weight is 329 g/mol. The molecule has 0 radical (unpaired) electrons. The van der Waals surface area contributed by atoms with Crippen LogP contribution in [0.4, 0.5) is 0 Å². The van der Waals surface area contributed by atoms with Gasteiger partial charge in [0.2, 0.25) is 5.91 Å². The molecule has 1 heterocycles. The lowest BCUT2D eigenvalue weighted by Gasteiger charge is -2.36. The first-order valence-corrected chi connectivity index (χ1v) is 9.56. The lowest BCUT2D eigenvalue weighted by atomic mass is 9.92. The van der Waals surface area contributed by atoms with E-state index in [1.807, 2.05) is 30.3 Å². The van der Waals surface area contributed by atoms with Gasteiger partial charge in [0.05, 0.1) is 0 Å². The van der Waals surface area contributed by atoms with Gasteiger partial charge in [-0.05, 0) is 56.7 Å². The van der Waals surface area contributed by atoms with Crippen molar-refractivity contribution in [2.75, 3.05) is 19.6 Å². The molecule has 2 fully saturated rings. The van der Waals surface area contributed by atoms with Crippen molar-refractivity contribution in [3.05, 3.63) is 35.9 Å². The van der Waals surface area contributed by atoms with Crippen LogP contribution in [0, 0.1) is 5.92 Å². The van der Waals surface area contributed by atoms with Gasteiger partial charge in [-0.1, -0.05) is 43.2 Å². The number of piperidine rings is 1. The van der Waals surface area contributed by atoms with Gasteiger partial charge in [-0.25, -0.2) is 0 Å². The fourth-order valence-corrected chi connectivity index (χ4v) is 4.20. The summed E-state index contributed by atoms with van der Waals surface area (Å²) in [6, 6.07) is 9.88. The van der Waals surface area contributed by atoms with Crippen molar-refractivity contribution in [1.82, 2.24) is 10.2 Å². The lowest BCUT2D eigenvalue weighted by Crippen LogP contribution is -2.41. The fourth-order valence-electron chi connectivity index (χ4n) is 4.20. The fraction of sp³-hybridized carbons (Fsp3) is 0.650. The Morgan fingerprint density at radius 2 is 1.79 bits per heavy atom. The third kappa shape index (κ3) is 4.58. The van der Waals surface area contributed by atoms with Crippen molar-refractivity contribution in [2.45, 2.75) is 57.0 Å². The number of nitrogens with zero attached hydrogens (tertiary/aromatic N) is 1. The Labute approximate surface area is 145 Å². The van der Waals surface area contributed by atoms with Gasteiger partial charge in [0.1, 0.15) is 6.04 Å². The summed E-state index contributed by atoms with van der Waals surface area (Å²) >= 11 is 0. The Kier molecular flexibility index (Phi) is 6.27. The van der Waals surface area contributed by atoms with Gasteiger partial charge >= 0.3 is 0 Å². The molecule has 1 saturated carbocycles. The summed E-state index contributed by atoms with van der Waals surface area (Å²) in [5.74, 6) is 0.681. The molecule has 1 amide bonds. The van der Waals surface area contributed by atoms with Crippen LogP contribution in [0.15, 0.2) is 30.3 Å². The molecule has 3 N–H and O–H groups in total. The van der Waals surface area contributed by atoms with Crippen LogP contribution in [0.5, 0.6) is 0 Å². The predicted octanol–water partition coefficient (Wildman–Crippen LogP) is 2.85. The number of likely N-dealkylation sites (tertiary alicyclic amines) is 1. The van der Waals surface area contributed by atoms with E-state index in [4.69, 9.17) is 5.73 Å². The summed E-state index contributed by atoms with van der Waals surface area (Å²) < 4.78 is 0. The number of amides is 1. The van der Waals surface area contributed by atoms with E-state index in [1.54, 1.807) is 0 Å². The number of benzene rings is 1. The van der Waals surface area contributed by atoms with Crippen molar-refractivity contribution < 1.29 is 4.79 Å². The maximum Gasteiger partial charge on any atom is 0.241 e. The predicted molar refractivity (Wildman–Crippen MR) is 97.6 cm³/mol. The third-order valence-corrected chi connectivity index (χ3v) is 5.78. The van der Waals surface area contributed by atoms with E-state index in [1.165, 1.54) is 51.6 Å². The zero-order valence-corrected chi connectivity index (χ0v) is 14.6. The number of hydrogen-bond acceptors (Lipinski definition) is 3. The van der Waals surface area contributed by atoms with Crippen LogP contribution in [0.3, 0.4) is 0 Å². The Morgan fingerprint density at radius 1 is 1.12 bits per heavy atom. The average Bonchev–Trinajstić information content (AvgIpc) is 3.17. The summed E-state index contributed by atoms with van der Waals surface area (Å²) in [5, 5.41) is 3.02. The molecule has 2 aliphatic rings. The SMILES string of the molecule is N[C@@H](C(=O)NCCC1CCN(C2CCCC2)CC1)c1ccccc1. The first kappa shape index (κ1) is 17.4. The third-order valence-electron chi connectivity index (χ3n) is 5.78. The second kappa shape index (κ2) is 8.63. The highest BCUT2D eigenvalue weighted by atomic mass is 16.2. The van der Waals surface area contributed by atoms with E-state index in [-0.39, 0.29) is 5.91 Å². The molecule has 24 heavy (non-hydrogen) atoms. The van der Waals surface area contributed by atoms with Gasteiger partial charge in [0.15, 0.2) is 0 Å². The van der Waals surface area contributed by atoms with Crippen LogP contribution in [-0.2, 0) is 4.79 Å². The number of nitrogens with two attached hydrogens (primary N) is 1. The monoisotopic (exact) mass is 329 g/mol. The summed E-state index contributed by atoms with van der Waals surface area (Å²) in [5.41, 5.74) is 6.90. The van der Waals surface area contributed by atoms with Crippen molar-refractivity contribution in [3.8, 4) is 0 Å². The highest BCUT2D eigenvalue weighted by Crippen LogP contribution is 2.28. The molecule has 0 spiro atoms. The summed E-state index contributed by atoms with van der Waals surface area (Å²) in [4.78, 5) is 14.9. The summed E-state index contributed by atoms with van der Waals surface area (Å²) in [6.07, 6.45) is 9.26. The van der Waals surface area contributed by atoms with E-state index in [0.717, 1.165) is 30.5 Å². The second-order valence-electron chi connectivity index (χ2n) is 7.39. The molecule has 0 aromatic heterocycles. The lowest BCUT2D eigenvalue weighted by molar-refractivity contribution is -0.122. The van der Waals surface area contributed by atoms with E-state index in [9.17, 15) is 4.79 Å². The van der Waals surface area contributed by atoms with Gasteiger partial charge in [-0.15, -0.1) is 0 Å². The molecule has 3 rings (SSSR count). The van der Waals surface area contributed by atoms with Gasteiger partial charge in [0, 0.05) is 12.6 Å². The Hall–Kier alpha value is -1.39. The first-order valence-electron chi connectivity index (χ1n) is 9.56. The van der Waals surface area contributed by atoms with Crippen molar-refractivity contribution in [2.24, 2.45) is 11.7 Å². The smallest absolute Gasteiger partial charge is 0.241 e. The molecule has 1 saturated heterocycles. The molecule has 132 valence electrons. The second-order valence-corrected chi connectivity index (χ2v) is 7.39. The van der Waals surface area contributed by atoms with Crippen LogP contribution >= 0.6 is 0 Å². The van der Waals surface area contributed by atoms with E-state index >= 15 is 0 Å². The largest absolute Gasteiger partial charge is 0.354 e. The quantitative estimate of drug-likeness (QED) is 0.844. The number of carbonyl (C=O) groups excluding carboxylic acids is 1. The van der Waals surface area contributed by atoms with Crippen molar-refractivity contribution in [3.63, 3.8) is 0 Å². The molecule has 1 atom stereocenters.